The molecule has 1 amide bonds. The van der Waals surface area contributed by atoms with Gasteiger partial charge in [0.05, 0.1) is 21.0 Å². The first-order chi connectivity index (χ1) is 13.5. The molecule has 5 nitrogen and oxygen atoms in total. The number of sulfonamides is 1. The average Bonchev–Trinajstić information content (AvgIpc) is 2.61. The van der Waals surface area contributed by atoms with E-state index in [4.69, 9.17) is 11.6 Å². The van der Waals surface area contributed by atoms with Gasteiger partial charge < -0.3 is 5.32 Å². The fourth-order valence-corrected chi connectivity index (χ4v) is 4.72. The fourth-order valence-electron chi connectivity index (χ4n) is 3.03. The molecule has 0 heterocycles. The SMILES string of the molecule is CC1(NS(=O)(=O)c2ccc(Cl)c(C(=O)Nc3ccc(F)c(C(F)F)c3)c2)CCC1. The van der Waals surface area contributed by atoms with E-state index in [9.17, 15) is 26.4 Å². The number of halogens is 4. The van der Waals surface area contributed by atoms with Crippen LogP contribution in [-0.4, -0.2) is 19.9 Å². The van der Waals surface area contributed by atoms with E-state index in [0.29, 0.717) is 12.8 Å². The molecule has 3 rings (SSSR count). The van der Waals surface area contributed by atoms with Crippen LogP contribution in [-0.2, 0) is 10.0 Å². The quantitative estimate of drug-likeness (QED) is 0.663. The summed E-state index contributed by atoms with van der Waals surface area (Å²) in [5.41, 5.74) is -1.61. The van der Waals surface area contributed by atoms with Gasteiger partial charge in [0.15, 0.2) is 0 Å². The number of alkyl halides is 2. The van der Waals surface area contributed by atoms with E-state index in [2.05, 4.69) is 10.0 Å². The molecular weight excluding hydrogens is 429 g/mol. The molecule has 0 bridgehead atoms. The number of nitrogens with one attached hydrogen (secondary N) is 2. The second-order valence-corrected chi connectivity index (χ2v) is 9.24. The summed E-state index contributed by atoms with van der Waals surface area (Å²) >= 11 is 6.03. The molecule has 1 saturated carbocycles. The Bertz CT molecular complexity index is 1060. The summed E-state index contributed by atoms with van der Waals surface area (Å²) in [6.07, 6.45) is -0.706. The largest absolute Gasteiger partial charge is 0.322 e. The molecule has 1 fully saturated rings. The lowest BCUT2D eigenvalue weighted by atomic mass is 9.80. The third-order valence-corrected chi connectivity index (χ3v) is 6.79. The molecule has 0 aliphatic heterocycles. The second-order valence-electron chi connectivity index (χ2n) is 7.15. The van der Waals surface area contributed by atoms with Crippen molar-refractivity contribution in [1.82, 2.24) is 4.72 Å². The van der Waals surface area contributed by atoms with Crippen molar-refractivity contribution in [2.45, 2.75) is 43.0 Å². The Balaban J connectivity index is 1.86. The van der Waals surface area contributed by atoms with Crippen LogP contribution in [0.15, 0.2) is 41.3 Å². The van der Waals surface area contributed by atoms with E-state index >= 15 is 0 Å². The highest BCUT2D eigenvalue weighted by Gasteiger charge is 2.36. The minimum Gasteiger partial charge on any atom is -0.322 e. The maximum atomic E-state index is 13.4. The minimum atomic E-state index is -3.89. The highest BCUT2D eigenvalue weighted by atomic mass is 35.5. The predicted octanol–water partition coefficient (Wildman–Crippen LogP) is 4.89. The third-order valence-electron chi connectivity index (χ3n) is 4.82. The second kappa shape index (κ2) is 7.97. The van der Waals surface area contributed by atoms with Crippen LogP contribution in [0.5, 0.6) is 0 Å². The monoisotopic (exact) mass is 446 g/mol. The van der Waals surface area contributed by atoms with Crippen LogP contribution < -0.4 is 10.0 Å². The van der Waals surface area contributed by atoms with Crippen molar-refractivity contribution < 1.29 is 26.4 Å². The van der Waals surface area contributed by atoms with E-state index in [1.165, 1.54) is 12.1 Å². The molecule has 2 aromatic rings. The van der Waals surface area contributed by atoms with Gasteiger partial charge in [0.1, 0.15) is 5.82 Å². The van der Waals surface area contributed by atoms with E-state index in [0.717, 1.165) is 30.7 Å². The van der Waals surface area contributed by atoms with Crippen molar-refractivity contribution in [2.24, 2.45) is 0 Å². The van der Waals surface area contributed by atoms with Crippen molar-refractivity contribution >= 4 is 33.2 Å². The van der Waals surface area contributed by atoms with Gasteiger partial charge >= 0.3 is 0 Å². The average molecular weight is 447 g/mol. The zero-order chi connectivity index (χ0) is 21.4. The molecule has 0 atom stereocenters. The summed E-state index contributed by atoms with van der Waals surface area (Å²) in [7, 11) is -3.89. The van der Waals surface area contributed by atoms with Crippen LogP contribution >= 0.6 is 11.6 Å². The van der Waals surface area contributed by atoms with Crippen molar-refractivity contribution in [3.63, 3.8) is 0 Å². The Labute approximate surface area is 171 Å². The molecule has 0 spiro atoms. The Hall–Kier alpha value is -2.10. The first-order valence-corrected chi connectivity index (χ1v) is 10.6. The number of carbonyl (C=O) groups is 1. The van der Waals surface area contributed by atoms with Crippen molar-refractivity contribution in [2.75, 3.05) is 5.32 Å². The van der Waals surface area contributed by atoms with Crippen LogP contribution in [0, 0.1) is 5.82 Å². The summed E-state index contributed by atoms with van der Waals surface area (Å²) < 4.78 is 67.0. The minimum absolute atomic E-state index is 0.0208. The first kappa shape index (κ1) is 21.6. The molecule has 0 saturated heterocycles. The Kier molecular flexibility index (Phi) is 5.93. The number of hydrogen-bond acceptors (Lipinski definition) is 3. The summed E-state index contributed by atoms with van der Waals surface area (Å²) in [6, 6.07) is 6.39. The summed E-state index contributed by atoms with van der Waals surface area (Å²) in [6.45, 7) is 1.80. The maximum absolute atomic E-state index is 13.4. The van der Waals surface area contributed by atoms with Crippen LogP contribution in [0.3, 0.4) is 0 Å². The number of anilines is 1. The summed E-state index contributed by atoms with van der Waals surface area (Å²) in [4.78, 5) is 12.4. The van der Waals surface area contributed by atoms with Gasteiger partial charge in [0, 0.05) is 11.2 Å². The fraction of sp³-hybridized carbons (Fsp3) is 0.316. The molecule has 2 aromatic carbocycles. The molecular formula is C19H18ClF3N2O3S. The lowest BCUT2D eigenvalue weighted by Gasteiger charge is -2.38. The van der Waals surface area contributed by atoms with Crippen LogP contribution in [0.1, 0.15) is 48.5 Å². The molecule has 2 N–H and O–H groups in total. The molecule has 29 heavy (non-hydrogen) atoms. The molecule has 1 aliphatic carbocycles. The van der Waals surface area contributed by atoms with Gasteiger partial charge in [-0.1, -0.05) is 11.6 Å². The standard InChI is InChI=1S/C19H18ClF3N2O3S/c1-19(7-2-8-19)25-29(27,28)12-4-5-15(20)13(10-12)18(26)24-11-3-6-16(21)14(9-11)17(22)23/h3-6,9-10,17,25H,2,7-8H2,1H3,(H,24,26). The van der Waals surface area contributed by atoms with E-state index in [1.54, 1.807) is 6.92 Å². The number of carbonyl (C=O) groups excluding carboxylic acids is 1. The molecule has 1 aliphatic rings. The van der Waals surface area contributed by atoms with Gasteiger partial charge in [0.2, 0.25) is 10.0 Å². The first-order valence-electron chi connectivity index (χ1n) is 8.73. The van der Waals surface area contributed by atoms with Gasteiger partial charge in [-0.3, -0.25) is 4.79 Å². The zero-order valence-corrected chi connectivity index (χ0v) is 16.9. The maximum Gasteiger partial charge on any atom is 0.266 e. The van der Waals surface area contributed by atoms with Crippen LogP contribution in [0.25, 0.3) is 0 Å². The van der Waals surface area contributed by atoms with Crippen molar-refractivity contribution in [1.29, 1.82) is 0 Å². The lowest BCUT2D eigenvalue weighted by Crippen LogP contribution is -2.50. The van der Waals surface area contributed by atoms with Gasteiger partial charge in [-0.25, -0.2) is 26.3 Å². The van der Waals surface area contributed by atoms with E-state index in [1.807, 2.05) is 0 Å². The van der Waals surface area contributed by atoms with Crippen LogP contribution in [0.4, 0.5) is 18.9 Å². The highest BCUT2D eigenvalue weighted by molar-refractivity contribution is 7.89. The lowest BCUT2D eigenvalue weighted by molar-refractivity contribution is 0.102. The van der Waals surface area contributed by atoms with Gasteiger partial charge in [-0.05, 0) is 62.6 Å². The molecule has 0 unspecified atom stereocenters. The molecule has 10 heteroatoms. The number of hydrogen-bond donors (Lipinski definition) is 2. The van der Waals surface area contributed by atoms with E-state index in [-0.39, 0.29) is 21.2 Å². The molecule has 0 radical (unpaired) electrons. The van der Waals surface area contributed by atoms with Gasteiger partial charge in [0.25, 0.3) is 12.3 Å². The van der Waals surface area contributed by atoms with E-state index < -0.39 is 39.3 Å². The normalized spacial score (nSPS) is 15.8. The Morgan fingerprint density at radius 1 is 1.17 bits per heavy atom. The Morgan fingerprint density at radius 2 is 1.86 bits per heavy atom. The molecule has 156 valence electrons. The van der Waals surface area contributed by atoms with Gasteiger partial charge in [-0.15, -0.1) is 0 Å². The summed E-state index contributed by atoms with van der Waals surface area (Å²) in [5.74, 6) is -1.91. The number of benzene rings is 2. The zero-order valence-electron chi connectivity index (χ0n) is 15.3. The summed E-state index contributed by atoms with van der Waals surface area (Å²) in [5, 5.41) is 2.31. The smallest absolute Gasteiger partial charge is 0.266 e. The number of rotatable bonds is 6. The van der Waals surface area contributed by atoms with Crippen molar-refractivity contribution in [3.8, 4) is 0 Å². The predicted molar refractivity (Wildman–Crippen MR) is 103 cm³/mol. The van der Waals surface area contributed by atoms with Crippen molar-refractivity contribution in [3.05, 3.63) is 58.4 Å². The number of amides is 1. The van der Waals surface area contributed by atoms with Crippen LogP contribution in [0.2, 0.25) is 5.02 Å². The molecule has 0 aromatic heterocycles. The Morgan fingerprint density at radius 3 is 2.45 bits per heavy atom. The van der Waals surface area contributed by atoms with Gasteiger partial charge in [-0.2, -0.15) is 0 Å². The highest BCUT2D eigenvalue weighted by Crippen LogP contribution is 2.33. The topological polar surface area (TPSA) is 75.3 Å². The third kappa shape index (κ3) is 4.73.